The van der Waals surface area contributed by atoms with Crippen molar-refractivity contribution in [1.82, 2.24) is 5.32 Å². The van der Waals surface area contributed by atoms with Gasteiger partial charge in [-0.2, -0.15) is 0 Å². The maximum absolute atomic E-state index is 12.1. The molecular weight excluding hydrogens is 250 g/mol. The fourth-order valence-electron chi connectivity index (χ4n) is 2.13. The molecule has 0 saturated carbocycles. The maximum atomic E-state index is 12.1. The molecular formula is C13H27NO3S. The van der Waals surface area contributed by atoms with Gasteiger partial charge in [0.25, 0.3) is 0 Å². The van der Waals surface area contributed by atoms with Crippen LogP contribution in [0.2, 0.25) is 0 Å². The summed E-state index contributed by atoms with van der Waals surface area (Å²) >= 11 is 0. The Kier molecular flexibility index (Phi) is 7.19. The highest BCUT2D eigenvalue weighted by atomic mass is 32.2. The Bertz CT molecular complexity index is 310. The standard InChI is InChI=1S/C13H27NO3S/c1-3-4-5-8-14-10-12(2)18(15,16)11-13-7-6-9-17-13/h12-14H,3-11H2,1-2H3. The fraction of sp³-hybridized carbons (Fsp3) is 1.00. The molecule has 1 N–H and O–H groups in total. The van der Waals surface area contributed by atoms with Crippen molar-refractivity contribution in [3.63, 3.8) is 0 Å². The zero-order valence-electron chi connectivity index (χ0n) is 11.7. The Hall–Kier alpha value is -0.130. The average molecular weight is 277 g/mol. The third-order valence-electron chi connectivity index (χ3n) is 3.44. The van der Waals surface area contributed by atoms with Crippen molar-refractivity contribution in [1.29, 1.82) is 0 Å². The van der Waals surface area contributed by atoms with Gasteiger partial charge in [-0.1, -0.05) is 19.8 Å². The van der Waals surface area contributed by atoms with E-state index >= 15 is 0 Å². The lowest BCUT2D eigenvalue weighted by molar-refractivity contribution is 0.127. The fourth-order valence-corrected chi connectivity index (χ4v) is 3.61. The normalized spacial score (nSPS) is 22.2. The van der Waals surface area contributed by atoms with Crippen LogP contribution < -0.4 is 5.32 Å². The van der Waals surface area contributed by atoms with Crippen molar-refractivity contribution in [3.8, 4) is 0 Å². The van der Waals surface area contributed by atoms with Crippen molar-refractivity contribution >= 4 is 9.84 Å². The number of sulfone groups is 1. The molecule has 0 bridgehead atoms. The molecule has 0 aliphatic carbocycles. The van der Waals surface area contributed by atoms with Crippen LogP contribution in [0.4, 0.5) is 0 Å². The Balaban J connectivity index is 2.23. The lowest BCUT2D eigenvalue weighted by atomic mass is 10.2. The number of unbranched alkanes of at least 4 members (excludes halogenated alkanes) is 2. The van der Waals surface area contributed by atoms with Gasteiger partial charge in [0.05, 0.1) is 17.1 Å². The smallest absolute Gasteiger partial charge is 0.156 e. The minimum atomic E-state index is -3.02. The van der Waals surface area contributed by atoms with Crippen LogP contribution in [0.25, 0.3) is 0 Å². The summed E-state index contributed by atoms with van der Waals surface area (Å²) in [7, 11) is -3.02. The predicted molar refractivity (Wildman–Crippen MR) is 74.6 cm³/mol. The van der Waals surface area contributed by atoms with Crippen LogP contribution in [-0.4, -0.2) is 45.2 Å². The Labute approximate surface area is 111 Å². The summed E-state index contributed by atoms with van der Waals surface area (Å²) in [6.07, 6.45) is 5.31. The number of nitrogens with one attached hydrogen (secondary N) is 1. The molecule has 0 aromatic rings. The van der Waals surface area contributed by atoms with Gasteiger partial charge in [0.1, 0.15) is 0 Å². The highest BCUT2D eigenvalue weighted by Crippen LogP contribution is 2.16. The monoisotopic (exact) mass is 277 g/mol. The Morgan fingerprint density at radius 1 is 1.39 bits per heavy atom. The van der Waals surface area contributed by atoms with Gasteiger partial charge in [-0.05, 0) is 32.7 Å². The quantitative estimate of drug-likeness (QED) is 0.652. The predicted octanol–water partition coefficient (Wildman–Crippen LogP) is 1.75. The van der Waals surface area contributed by atoms with E-state index in [4.69, 9.17) is 4.74 Å². The maximum Gasteiger partial charge on any atom is 0.156 e. The molecule has 2 unspecified atom stereocenters. The van der Waals surface area contributed by atoms with Crippen molar-refractivity contribution in [3.05, 3.63) is 0 Å². The summed E-state index contributed by atoms with van der Waals surface area (Å²) in [5.41, 5.74) is 0. The van der Waals surface area contributed by atoms with Crippen LogP contribution in [-0.2, 0) is 14.6 Å². The van der Waals surface area contributed by atoms with Gasteiger partial charge in [0, 0.05) is 13.2 Å². The molecule has 1 aliphatic heterocycles. The van der Waals surface area contributed by atoms with Crippen LogP contribution in [0.15, 0.2) is 0 Å². The Morgan fingerprint density at radius 2 is 2.17 bits per heavy atom. The molecule has 1 heterocycles. The van der Waals surface area contributed by atoms with Crippen LogP contribution in [0.5, 0.6) is 0 Å². The SMILES string of the molecule is CCCCCNCC(C)S(=O)(=O)CC1CCCO1. The third-order valence-corrected chi connectivity index (χ3v) is 5.67. The van der Waals surface area contributed by atoms with E-state index < -0.39 is 9.84 Å². The van der Waals surface area contributed by atoms with E-state index in [-0.39, 0.29) is 17.1 Å². The third kappa shape index (κ3) is 5.67. The van der Waals surface area contributed by atoms with Gasteiger partial charge >= 0.3 is 0 Å². The molecule has 108 valence electrons. The Morgan fingerprint density at radius 3 is 2.78 bits per heavy atom. The van der Waals surface area contributed by atoms with E-state index in [1.54, 1.807) is 6.92 Å². The molecule has 1 saturated heterocycles. The second-order valence-corrected chi connectivity index (χ2v) is 7.65. The van der Waals surface area contributed by atoms with Crippen molar-refractivity contribution in [2.24, 2.45) is 0 Å². The summed E-state index contributed by atoms with van der Waals surface area (Å²) < 4.78 is 29.6. The first-order chi connectivity index (χ1) is 8.56. The van der Waals surface area contributed by atoms with Crippen molar-refractivity contribution < 1.29 is 13.2 Å². The minimum Gasteiger partial charge on any atom is -0.377 e. The molecule has 0 spiro atoms. The number of hydrogen-bond donors (Lipinski definition) is 1. The van der Waals surface area contributed by atoms with Gasteiger partial charge in [-0.25, -0.2) is 8.42 Å². The summed E-state index contributed by atoms with van der Waals surface area (Å²) in [5.74, 6) is 0.185. The van der Waals surface area contributed by atoms with Gasteiger partial charge in [-0.3, -0.25) is 0 Å². The summed E-state index contributed by atoms with van der Waals surface area (Å²) in [5, 5.41) is 2.91. The summed E-state index contributed by atoms with van der Waals surface area (Å²) in [6, 6.07) is 0. The first-order valence-electron chi connectivity index (χ1n) is 7.10. The van der Waals surface area contributed by atoms with Crippen molar-refractivity contribution in [2.45, 2.75) is 57.3 Å². The lowest BCUT2D eigenvalue weighted by Gasteiger charge is -2.16. The number of ether oxygens (including phenoxy) is 1. The van der Waals surface area contributed by atoms with Crippen LogP contribution in [0, 0.1) is 0 Å². The van der Waals surface area contributed by atoms with E-state index in [0.29, 0.717) is 13.2 Å². The number of rotatable bonds is 9. The van der Waals surface area contributed by atoms with Crippen molar-refractivity contribution in [2.75, 3.05) is 25.4 Å². The minimum absolute atomic E-state index is 0.0717. The molecule has 0 radical (unpaired) electrons. The van der Waals surface area contributed by atoms with E-state index in [9.17, 15) is 8.42 Å². The first-order valence-corrected chi connectivity index (χ1v) is 8.81. The van der Waals surface area contributed by atoms with E-state index in [1.807, 2.05) is 0 Å². The number of hydrogen-bond acceptors (Lipinski definition) is 4. The van der Waals surface area contributed by atoms with E-state index in [1.165, 1.54) is 12.8 Å². The molecule has 0 aromatic heterocycles. The first kappa shape index (κ1) is 15.9. The largest absolute Gasteiger partial charge is 0.377 e. The molecule has 5 heteroatoms. The zero-order chi connectivity index (χ0) is 13.4. The van der Waals surface area contributed by atoms with Crippen LogP contribution in [0.1, 0.15) is 46.0 Å². The molecule has 4 nitrogen and oxygen atoms in total. The highest BCUT2D eigenvalue weighted by Gasteiger charge is 2.27. The molecule has 2 atom stereocenters. The van der Waals surface area contributed by atoms with Gasteiger partial charge < -0.3 is 10.1 Å². The summed E-state index contributed by atoms with van der Waals surface area (Å²) in [4.78, 5) is 0. The van der Waals surface area contributed by atoms with Crippen LogP contribution in [0.3, 0.4) is 0 Å². The van der Waals surface area contributed by atoms with Gasteiger partial charge in [-0.15, -0.1) is 0 Å². The summed E-state index contributed by atoms with van der Waals surface area (Å²) in [6.45, 7) is 6.13. The average Bonchev–Trinajstić information content (AvgIpc) is 2.80. The van der Waals surface area contributed by atoms with E-state index in [2.05, 4.69) is 12.2 Å². The zero-order valence-corrected chi connectivity index (χ0v) is 12.5. The molecule has 18 heavy (non-hydrogen) atoms. The lowest BCUT2D eigenvalue weighted by Crippen LogP contribution is -2.35. The molecule has 1 fully saturated rings. The second kappa shape index (κ2) is 8.12. The molecule has 0 amide bonds. The highest BCUT2D eigenvalue weighted by molar-refractivity contribution is 7.92. The topological polar surface area (TPSA) is 55.4 Å². The van der Waals surface area contributed by atoms with E-state index in [0.717, 1.165) is 25.8 Å². The van der Waals surface area contributed by atoms with Gasteiger partial charge in [0.2, 0.25) is 0 Å². The molecule has 1 rings (SSSR count). The molecule has 1 aliphatic rings. The van der Waals surface area contributed by atoms with Crippen LogP contribution >= 0.6 is 0 Å². The molecule has 0 aromatic carbocycles. The van der Waals surface area contributed by atoms with Gasteiger partial charge in [0.15, 0.2) is 9.84 Å². The second-order valence-electron chi connectivity index (χ2n) is 5.19.